The number of halogens is 1. The molecule has 0 saturated heterocycles. The highest BCUT2D eigenvalue weighted by Gasteiger charge is 1.91. The molecule has 0 aromatic heterocycles. The van der Waals surface area contributed by atoms with E-state index in [0.717, 1.165) is 4.47 Å². The Labute approximate surface area is 98.0 Å². The summed E-state index contributed by atoms with van der Waals surface area (Å²) in [4.78, 5) is 11.4. The molecular weight excluding hydrogens is 282 g/mol. The largest absolute Gasteiger partial charge is 0.450 e. The number of hydrogen-bond donors (Lipinski definition) is 0. The van der Waals surface area contributed by atoms with Crippen molar-refractivity contribution < 1.29 is 13.7 Å². The molecule has 15 heavy (non-hydrogen) atoms. The van der Waals surface area contributed by atoms with Gasteiger partial charge in [0.05, 0.1) is 6.61 Å². The van der Waals surface area contributed by atoms with Gasteiger partial charge in [-0.1, -0.05) is 33.0 Å². The van der Waals surface area contributed by atoms with Crippen LogP contribution in [0.4, 0.5) is 4.79 Å². The third-order valence-electron chi connectivity index (χ3n) is 1.44. The van der Waals surface area contributed by atoms with E-state index in [0.29, 0.717) is 4.90 Å². The second-order valence-corrected chi connectivity index (χ2v) is 4.56. The van der Waals surface area contributed by atoms with Crippen molar-refractivity contribution in [3.8, 4) is 0 Å². The number of rotatable bonds is 2. The summed E-state index contributed by atoms with van der Waals surface area (Å²) in [5.41, 5.74) is 0. The molecular formula is C9H9BrNO3S-. The quantitative estimate of drug-likeness (QED) is 0.787. The van der Waals surface area contributed by atoms with Gasteiger partial charge in [0.2, 0.25) is 0 Å². The lowest BCUT2D eigenvalue weighted by molar-refractivity contribution is 0.164. The standard InChI is InChI=1S/C9H9BrNO3S/c1-2-14-9(12)11-15(13)8-5-3-7(10)4-6-8/h3-6H,2H2,1H3/q-1. The molecule has 0 saturated carbocycles. The Hall–Kier alpha value is -0.880. The van der Waals surface area contributed by atoms with Gasteiger partial charge in [-0.25, -0.2) is 4.79 Å². The van der Waals surface area contributed by atoms with E-state index in [1.54, 1.807) is 31.2 Å². The minimum atomic E-state index is -1.69. The first kappa shape index (κ1) is 12.2. The van der Waals surface area contributed by atoms with Gasteiger partial charge in [0, 0.05) is 4.47 Å². The number of hydrogen-bond acceptors (Lipinski definition) is 4. The summed E-state index contributed by atoms with van der Waals surface area (Å²) in [6, 6.07) is 6.72. The summed E-state index contributed by atoms with van der Waals surface area (Å²) in [5, 5.41) is 0. The maximum atomic E-state index is 11.5. The molecule has 1 rings (SSSR count). The number of benzene rings is 1. The number of carbonyl (C=O) groups is 1. The molecule has 4 nitrogen and oxygen atoms in total. The van der Waals surface area contributed by atoms with E-state index in [9.17, 15) is 9.00 Å². The molecule has 0 aliphatic rings. The molecule has 0 unspecified atom stereocenters. The molecule has 0 atom stereocenters. The summed E-state index contributed by atoms with van der Waals surface area (Å²) in [6.07, 6.45) is -0.807. The number of nitrogens with zero attached hydrogens (tertiary/aromatic N) is 1. The lowest BCUT2D eigenvalue weighted by Gasteiger charge is -2.04. The van der Waals surface area contributed by atoms with Gasteiger partial charge in [0.1, 0.15) is 0 Å². The van der Waals surface area contributed by atoms with Crippen LogP contribution in [0, 0.1) is 0 Å². The zero-order valence-corrected chi connectivity index (χ0v) is 10.4. The van der Waals surface area contributed by atoms with Gasteiger partial charge >= 0.3 is 6.09 Å². The van der Waals surface area contributed by atoms with Crippen LogP contribution in [0.1, 0.15) is 6.92 Å². The monoisotopic (exact) mass is 290 g/mol. The lowest BCUT2D eigenvalue weighted by Crippen LogP contribution is -1.97. The molecule has 6 heteroatoms. The molecule has 0 N–H and O–H groups in total. The molecule has 1 aromatic carbocycles. The third kappa shape index (κ3) is 4.01. The average molecular weight is 291 g/mol. The van der Waals surface area contributed by atoms with Crippen molar-refractivity contribution in [2.75, 3.05) is 6.61 Å². The van der Waals surface area contributed by atoms with E-state index < -0.39 is 16.7 Å². The zero-order chi connectivity index (χ0) is 11.3. The summed E-state index contributed by atoms with van der Waals surface area (Å²) >= 11 is 3.25. The van der Waals surface area contributed by atoms with E-state index in [1.807, 2.05) is 0 Å². The van der Waals surface area contributed by atoms with E-state index in [2.05, 4.69) is 25.0 Å². The Kier molecular flexibility index (Phi) is 4.77. The highest BCUT2D eigenvalue weighted by Crippen LogP contribution is 2.12. The maximum Gasteiger partial charge on any atom is 0.410 e. The summed E-state index contributed by atoms with van der Waals surface area (Å²) in [7, 11) is -1.69. The first-order valence-corrected chi connectivity index (χ1v) is 6.09. The van der Waals surface area contributed by atoms with Gasteiger partial charge < -0.3 is 8.95 Å². The van der Waals surface area contributed by atoms with Crippen LogP contribution in [-0.2, 0) is 19.5 Å². The Morgan fingerprint density at radius 1 is 1.47 bits per heavy atom. The van der Waals surface area contributed by atoms with Crippen LogP contribution in [-0.4, -0.2) is 12.7 Å². The second kappa shape index (κ2) is 5.87. The Balaban J connectivity index is 2.85. The van der Waals surface area contributed by atoms with Crippen LogP contribution in [0.3, 0.4) is 0 Å². The van der Waals surface area contributed by atoms with Crippen molar-refractivity contribution >= 4 is 32.6 Å². The van der Waals surface area contributed by atoms with Crippen LogP contribution in [0.5, 0.6) is 0 Å². The predicted octanol–water partition coefficient (Wildman–Crippen LogP) is 3.11. The SMILES string of the molecule is CCOC(=O)N=[S-](=O)c1ccc(Br)cc1. The minimum absolute atomic E-state index is 0.222. The fourth-order valence-corrected chi connectivity index (χ4v) is 1.75. The van der Waals surface area contributed by atoms with Crippen molar-refractivity contribution in [2.45, 2.75) is 11.8 Å². The smallest absolute Gasteiger partial charge is 0.410 e. The number of carbonyl (C=O) groups excluding carboxylic acids is 1. The number of amides is 1. The van der Waals surface area contributed by atoms with Crippen molar-refractivity contribution in [2.24, 2.45) is 4.36 Å². The second-order valence-electron chi connectivity index (χ2n) is 2.49. The molecule has 0 heterocycles. The first-order valence-electron chi connectivity index (χ1n) is 4.19. The minimum Gasteiger partial charge on any atom is -0.450 e. The third-order valence-corrected chi connectivity index (χ3v) is 2.96. The van der Waals surface area contributed by atoms with Crippen LogP contribution >= 0.6 is 15.9 Å². The summed E-state index contributed by atoms with van der Waals surface area (Å²) in [6.45, 7) is 1.88. The molecule has 0 fully saturated rings. The predicted molar refractivity (Wildman–Crippen MR) is 59.9 cm³/mol. The van der Waals surface area contributed by atoms with Gasteiger partial charge in [0.15, 0.2) is 0 Å². The van der Waals surface area contributed by atoms with E-state index in [-0.39, 0.29) is 6.61 Å². The fraction of sp³-hybridized carbons (Fsp3) is 0.222. The van der Waals surface area contributed by atoms with E-state index in [1.165, 1.54) is 0 Å². The molecule has 0 spiro atoms. The van der Waals surface area contributed by atoms with Crippen LogP contribution in [0.25, 0.3) is 0 Å². The Morgan fingerprint density at radius 3 is 2.60 bits per heavy atom. The molecule has 0 bridgehead atoms. The molecule has 1 aromatic rings. The topological polar surface area (TPSA) is 55.7 Å². The molecule has 82 valence electrons. The van der Waals surface area contributed by atoms with E-state index in [4.69, 9.17) is 0 Å². The maximum absolute atomic E-state index is 11.5. The van der Waals surface area contributed by atoms with Gasteiger partial charge in [-0.15, -0.1) is 10.6 Å². The average Bonchev–Trinajstić information content (AvgIpc) is 2.18. The van der Waals surface area contributed by atoms with E-state index >= 15 is 0 Å². The summed E-state index contributed by atoms with van der Waals surface area (Å²) in [5.74, 6) is 0. The Bertz CT molecular complexity index is 423. The lowest BCUT2D eigenvalue weighted by atomic mass is 10.4. The van der Waals surface area contributed by atoms with Gasteiger partial charge in [-0.2, -0.15) is 0 Å². The highest BCUT2D eigenvalue weighted by atomic mass is 79.9. The highest BCUT2D eigenvalue weighted by molar-refractivity contribution is 9.10. The van der Waals surface area contributed by atoms with Gasteiger partial charge in [-0.05, 0) is 19.1 Å². The van der Waals surface area contributed by atoms with Gasteiger partial charge in [-0.3, -0.25) is 4.36 Å². The Morgan fingerprint density at radius 2 is 2.07 bits per heavy atom. The van der Waals surface area contributed by atoms with Crippen LogP contribution in [0.2, 0.25) is 0 Å². The molecule has 0 radical (unpaired) electrons. The van der Waals surface area contributed by atoms with Gasteiger partial charge in [0.25, 0.3) is 0 Å². The van der Waals surface area contributed by atoms with Crippen molar-refractivity contribution in [3.05, 3.63) is 28.7 Å². The number of ether oxygens (including phenoxy) is 1. The van der Waals surface area contributed by atoms with Crippen LogP contribution < -0.4 is 0 Å². The molecule has 0 aliphatic carbocycles. The first-order chi connectivity index (χ1) is 7.13. The zero-order valence-electron chi connectivity index (χ0n) is 7.97. The van der Waals surface area contributed by atoms with Crippen molar-refractivity contribution in [1.29, 1.82) is 0 Å². The van der Waals surface area contributed by atoms with Crippen molar-refractivity contribution in [3.63, 3.8) is 0 Å². The molecule has 0 aliphatic heterocycles. The summed E-state index contributed by atoms with van der Waals surface area (Å²) < 4.78 is 20.3. The normalized spacial score (nSPS) is 12.4. The van der Waals surface area contributed by atoms with Crippen molar-refractivity contribution in [1.82, 2.24) is 0 Å². The molecule has 1 amide bonds. The fourth-order valence-electron chi connectivity index (χ4n) is 0.821. The van der Waals surface area contributed by atoms with Crippen LogP contribution in [0.15, 0.2) is 38.0 Å².